The molecule has 0 spiro atoms. The van der Waals surface area contributed by atoms with E-state index in [0.717, 1.165) is 0 Å². The van der Waals surface area contributed by atoms with Crippen LogP contribution < -0.4 is 5.09 Å². The minimum absolute atomic E-state index is 0.00674. The third-order valence-electron chi connectivity index (χ3n) is 0.429. The molecule has 1 unspecified atom stereocenters. The second-order valence-electron chi connectivity index (χ2n) is 0.948. The maximum absolute atomic E-state index is 10.2. The van der Waals surface area contributed by atoms with Crippen LogP contribution in [0, 0.1) is 0 Å². The first-order valence-electron chi connectivity index (χ1n) is 2.11. The van der Waals surface area contributed by atoms with Crippen LogP contribution in [0.5, 0.6) is 0 Å². The van der Waals surface area contributed by atoms with Gasteiger partial charge in [0.25, 0.3) is 7.51 Å². The van der Waals surface area contributed by atoms with E-state index in [2.05, 4.69) is 21.6 Å². The van der Waals surface area contributed by atoms with Gasteiger partial charge < -0.3 is 4.74 Å². The Morgan fingerprint density at radius 1 is 2.00 bits per heavy atom. The fourth-order valence-electron chi connectivity index (χ4n) is 0.209. The molecule has 1 amide bonds. The molecule has 0 radical (unpaired) electrons. The first-order valence-corrected chi connectivity index (χ1v) is 4.24. The number of hydrogen-bond donors (Lipinski definition) is 1. The summed E-state index contributed by atoms with van der Waals surface area (Å²) in [6.07, 6.45) is -0.430. The van der Waals surface area contributed by atoms with Crippen LogP contribution in [0.1, 0.15) is 6.92 Å². The van der Waals surface area contributed by atoms with Gasteiger partial charge in [-0.25, -0.2) is 4.79 Å². The van der Waals surface area contributed by atoms with Crippen LogP contribution >= 0.6 is 7.51 Å². The molecule has 0 rings (SSSR count). The number of nitrogens with one attached hydrogen (secondary N) is 1. The molecule has 0 fully saturated rings. The summed E-state index contributed by atoms with van der Waals surface area (Å²) in [6.45, 7) is 2.14. The van der Waals surface area contributed by atoms with E-state index >= 15 is 0 Å². The maximum Gasteiger partial charge on any atom is 0.445 e. The van der Waals surface area contributed by atoms with Crippen molar-refractivity contribution >= 4 is 25.4 Å². The fourth-order valence-corrected chi connectivity index (χ4v) is 0.614. The van der Waals surface area contributed by atoms with Gasteiger partial charge in [0.15, 0.2) is 11.8 Å². The van der Waals surface area contributed by atoms with Crippen molar-refractivity contribution in [3.8, 4) is 0 Å². The van der Waals surface area contributed by atoms with Crippen molar-refractivity contribution in [2.45, 2.75) is 6.92 Å². The lowest BCUT2D eigenvalue weighted by Gasteiger charge is -1.91. The van der Waals surface area contributed by atoms with Crippen LogP contribution in [0.2, 0.25) is 0 Å². The molecule has 0 aliphatic rings. The van der Waals surface area contributed by atoms with Gasteiger partial charge in [-0.05, 0) is 6.92 Å². The second kappa shape index (κ2) is 4.94. The van der Waals surface area contributed by atoms with Crippen molar-refractivity contribution < 1.29 is 9.53 Å². The molecule has 0 aliphatic heterocycles. The summed E-state index contributed by atoms with van der Waals surface area (Å²) in [5.41, 5.74) is 0. The molecule has 0 saturated carbocycles. The monoisotopic (exact) mass is 152 g/mol. The van der Waals surface area contributed by atoms with Gasteiger partial charge in [-0.3, -0.25) is 0 Å². The Labute approximate surface area is 54.3 Å². The Hall–Kier alpha value is -0.210. The second-order valence-corrected chi connectivity index (χ2v) is 2.01. The molecule has 0 aliphatic carbocycles. The molecule has 0 aromatic rings. The zero-order valence-corrected chi connectivity index (χ0v) is 6.25. The average Bonchev–Trinajstić information content (AvgIpc) is 1.68. The maximum atomic E-state index is 10.2. The van der Waals surface area contributed by atoms with Crippen molar-refractivity contribution in [1.29, 1.82) is 0 Å². The van der Waals surface area contributed by atoms with E-state index in [4.69, 9.17) is 0 Å². The Balaban J connectivity index is 3.18. The van der Waals surface area contributed by atoms with E-state index in [1.54, 1.807) is 6.92 Å². The molecule has 0 heterocycles. The van der Waals surface area contributed by atoms with E-state index in [1.807, 2.05) is 0 Å². The van der Waals surface area contributed by atoms with Crippen molar-refractivity contribution in [2.24, 2.45) is 0 Å². The summed E-state index contributed by atoms with van der Waals surface area (Å²) in [5, 5.41) is 2.33. The highest BCUT2D eigenvalue weighted by molar-refractivity contribution is 7.95. The van der Waals surface area contributed by atoms with E-state index in [-0.39, 0.29) is 7.51 Å². The standard InChI is InChI=1S/C3H6NO2PS/c1-2-6-3(5)4-7-8/h2H2,1H3,(H,4,5,8)/p+1. The number of ether oxygens (including phenoxy) is 1. The molecular weight excluding hydrogens is 145 g/mol. The minimum Gasteiger partial charge on any atom is -0.447 e. The zero-order chi connectivity index (χ0) is 6.41. The summed E-state index contributed by atoms with van der Waals surface area (Å²) in [7, 11) is 0.00674. The summed E-state index contributed by atoms with van der Waals surface area (Å²) >= 11 is 4.46. The topological polar surface area (TPSA) is 38.3 Å². The quantitative estimate of drug-likeness (QED) is 0.594. The molecule has 0 aromatic heterocycles. The van der Waals surface area contributed by atoms with Gasteiger partial charge in [0, 0.05) is 0 Å². The predicted octanol–water partition coefficient (Wildman–Crippen LogP) is 0.788. The van der Waals surface area contributed by atoms with Crippen LogP contribution in [0.4, 0.5) is 4.79 Å². The van der Waals surface area contributed by atoms with Gasteiger partial charge in [0.05, 0.1) is 6.61 Å². The number of amides is 1. The fraction of sp³-hybridized carbons (Fsp3) is 0.667. The summed E-state index contributed by atoms with van der Waals surface area (Å²) in [4.78, 5) is 10.2. The lowest BCUT2D eigenvalue weighted by molar-refractivity contribution is 0.159. The predicted molar refractivity (Wildman–Crippen MR) is 35.8 cm³/mol. The van der Waals surface area contributed by atoms with E-state index < -0.39 is 6.09 Å². The minimum atomic E-state index is -0.430. The zero-order valence-electron chi connectivity index (χ0n) is 4.43. The molecule has 3 nitrogen and oxygen atoms in total. The van der Waals surface area contributed by atoms with Crippen LogP contribution in [-0.4, -0.2) is 12.7 Å². The third kappa shape index (κ3) is 3.96. The molecular formula is C3H7NO2PS+. The molecule has 0 bridgehead atoms. The first kappa shape index (κ1) is 7.79. The van der Waals surface area contributed by atoms with Gasteiger partial charge in [0.2, 0.25) is 0 Å². The molecule has 8 heavy (non-hydrogen) atoms. The SMILES string of the molecule is CCOC(=O)N[PH+]=S. The molecule has 46 valence electrons. The third-order valence-corrected chi connectivity index (χ3v) is 1.04. The number of carbonyl (C=O) groups is 1. The Morgan fingerprint density at radius 3 is 3.00 bits per heavy atom. The van der Waals surface area contributed by atoms with Gasteiger partial charge in [0.1, 0.15) is 0 Å². The van der Waals surface area contributed by atoms with E-state index in [1.165, 1.54) is 0 Å². The smallest absolute Gasteiger partial charge is 0.445 e. The van der Waals surface area contributed by atoms with Crippen LogP contribution in [0.25, 0.3) is 0 Å². The first-order chi connectivity index (χ1) is 3.81. The van der Waals surface area contributed by atoms with Gasteiger partial charge in [-0.15, -0.1) is 5.09 Å². The van der Waals surface area contributed by atoms with Gasteiger partial charge in [-0.1, -0.05) is 0 Å². The molecule has 5 heteroatoms. The summed E-state index contributed by atoms with van der Waals surface area (Å²) in [6, 6.07) is 0. The Bertz CT molecular complexity index is 97.3. The Kier molecular flexibility index (Phi) is 4.81. The highest BCUT2D eigenvalue weighted by Gasteiger charge is 1.98. The Morgan fingerprint density at radius 2 is 2.62 bits per heavy atom. The van der Waals surface area contributed by atoms with Gasteiger partial charge in [-0.2, -0.15) is 0 Å². The number of rotatable bonds is 2. The van der Waals surface area contributed by atoms with E-state index in [0.29, 0.717) is 6.61 Å². The van der Waals surface area contributed by atoms with E-state index in [9.17, 15) is 4.79 Å². The van der Waals surface area contributed by atoms with Crippen LogP contribution in [0.3, 0.4) is 0 Å². The van der Waals surface area contributed by atoms with Crippen LogP contribution in [-0.2, 0) is 16.5 Å². The highest BCUT2D eigenvalue weighted by atomic mass is 32.4. The number of hydrogen-bond acceptors (Lipinski definition) is 3. The summed E-state index contributed by atoms with van der Waals surface area (Å²) < 4.78 is 4.47. The van der Waals surface area contributed by atoms with Crippen LogP contribution in [0.15, 0.2) is 0 Å². The summed E-state index contributed by atoms with van der Waals surface area (Å²) in [5.74, 6) is 0. The lowest BCUT2D eigenvalue weighted by atomic mass is 10.9. The molecule has 0 saturated heterocycles. The average molecular weight is 152 g/mol. The van der Waals surface area contributed by atoms with Crippen molar-refractivity contribution in [2.75, 3.05) is 6.61 Å². The van der Waals surface area contributed by atoms with Crippen molar-refractivity contribution in [1.82, 2.24) is 5.09 Å². The molecule has 0 aromatic carbocycles. The number of carbonyl (C=O) groups excluding carboxylic acids is 1. The largest absolute Gasteiger partial charge is 0.447 e. The van der Waals surface area contributed by atoms with Crippen molar-refractivity contribution in [3.63, 3.8) is 0 Å². The lowest BCUT2D eigenvalue weighted by Crippen LogP contribution is -2.13. The molecule has 1 atom stereocenters. The molecule has 1 N–H and O–H groups in total. The van der Waals surface area contributed by atoms with Gasteiger partial charge >= 0.3 is 6.09 Å². The highest BCUT2D eigenvalue weighted by Crippen LogP contribution is 1.83. The normalized spacial score (nSPS) is 8.62. The van der Waals surface area contributed by atoms with Crippen molar-refractivity contribution in [3.05, 3.63) is 0 Å².